The summed E-state index contributed by atoms with van der Waals surface area (Å²) in [5.41, 5.74) is 0. The van der Waals surface area contributed by atoms with E-state index in [2.05, 4.69) is 20.8 Å². The van der Waals surface area contributed by atoms with Gasteiger partial charge in [-0.15, -0.1) is 0 Å². The van der Waals surface area contributed by atoms with Crippen LogP contribution in [0.25, 0.3) is 0 Å². The Hall–Kier alpha value is 0.820. The zero-order valence-electron chi connectivity index (χ0n) is 16.8. The fourth-order valence-electron chi connectivity index (χ4n) is 1.16. The number of aliphatic hydroxyl groups excluding tert-OH is 1. The number of hydrogen-bond acceptors (Lipinski definition) is 5. The van der Waals surface area contributed by atoms with E-state index in [-0.39, 0.29) is 37.2 Å². The van der Waals surface area contributed by atoms with Gasteiger partial charge >= 0.3 is 9.05 Å². The molecule has 0 fully saturated rings. The van der Waals surface area contributed by atoms with Crippen molar-refractivity contribution in [1.82, 2.24) is 0 Å². The molecular weight excluding hydrogens is 423 g/mol. The summed E-state index contributed by atoms with van der Waals surface area (Å²) in [4.78, 5) is 10.2. The predicted octanol–water partition coefficient (Wildman–Crippen LogP) is 1.85. The molecule has 0 aliphatic carbocycles. The molecule has 25 heavy (non-hydrogen) atoms. The summed E-state index contributed by atoms with van der Waals surface area (Å²) in [6, 6.07) is 0. The van der Waals surface area contributed by atoms with E-state index < -0.39 is 9.05 Å². The van der Waals surface area contributed by atoms with Gasteiger partial charge in [-0.1, -0.05) is 53.9 Å². The number of unbranched alkanes of at least 4 members (excludes halogenated alkanes) is 3. The van der Waals surface area contributed by atoms with E-state index in [9.17, 15) is 4.80 Å². The average Bonchev–Trinajstić information content (AvgIpc) is 2.49. The zero-order valence-corrected chi connectivity index (χ0v) is 20.2. The molecule has 0 radical (unpaired) electrons. The largest absolute Gasteiger partial charge is 0.676 e. The van der Waals surface area contributed by atoms with Gasteiger partial charge in [-0.2, -0.15) is 0 Å². The molecule has 0 atom stereocenters. The van der Waals surface area contributed by atoms with Crippen molar-refractivity contribution < 1.29 is 60.3 Å². The van der Waals surface area contributed by atoms with Gasteiger partial charge in [-0.25, -0.2) is 0 Å². The third-order valence-corrected chi connectivity index (χ3v) is 4.42. The van der Waals surface area contributed by atoms with Gasteiger partial charge in [0.05, 0.1) is 0 Å². The van der Waals surface area contributed by atoms with Gasteiger partial charge in [0.15, 0.2) is 0 Å². The van der Waals surface area contributed by atoms with Crippen molar-refractivity contribution in [2.75, 3.05) is 26.4 Å². The van der Waals surface area contributed by atoms with E-state index in [0.717, 1.165) is 38.5 Å². The van der Waals surface area contributed by atoms with Crippen molar-refractivity contribution in [1.29, 1.82) is 0 Å². The van der Waals surface area contributed by atoms with Crippen LogP contribution in [-0.4, -0.2) is 56.3 Å². The molecule has 0 aromatic heterocycles. The minimum atomic E-state index is -3.36. The van der Waals surface area contributed by atoms with Crippen LogP contribution in [0, 0.1) is 5.92 Å². The smallest absolute Gasteiger partial charge is 0.412 e. The molecule has 0 aliphatic heterocycles. The minimum Gasteiger partial charge on any atom is -0.412 e. The molecule has 0 aromatic carbocycles. The van der Waals surface area contributed by atoms with Crippen molar-refractivity contribution >= 4 is 9.05 Å². The summed E-state index contributed by atoms with van der Waals surface area (Å²) in [7, 11) is -3.36. The van der Waals surface area contributed by atoms with Crippen LogP contribution in [0.4, 0.5) is 0 Å². The van der Waals surface area contributed by atoms with Crippen LogP contribution < -0.4 is 0 Å². The number of rotatable bonds is 13. The molecule has 9 heteroatoms. The topological polar surface area (TPSA) is 131 Å². The summed E-state index contributed by atoms with van der Waals surface area (Å²) in [5, 5.41) is 8.14. The standard InChI is InChI=1S/C12H28O4Si.C4H10O.2H2O.Zr/c1-4-7-10-14-17(13,15-11-8-5-2)16-12-9-6-3;1-4(2)3-5;;;/h13H,4-12H2,1-3H3;4-5H,3H2,1-2H3;2*1H2;. The van der Waals surface area contributed by atoms with Gasteiger partial charge in [0.25, 0.3) is 0 Å². The summed E-state index contributed by atoms with van der Waals surface area (Å²) >= 11 is 0. The third kappa shape index (κ3) is 29.8. The van der Waals surface area contributed by atoms with Crippen molar-refractivity contribution in [2.24, 2.45) is 5.92 Å². The maximum Gasteiger partial charge on any atom is 0.676 e. The first kappa shape index (κ1) is 36.7. The molecule has 0 saturated carbocycles. The molecule has 0 aliphatic rings. The second kappa shape index (κ2) is 27.0. The Labute approximate surface area is 174 Å². The van der Waals surface area contributed by atoms with Crippen LogP contribution in [0.3, 0.4) is 0 Å². The molecule has 0 unspecified atom stereocenters. The maximum atomic E-state index is 10.2. The van der Waals surface area contributed by atoms with Crippen molar-refractivity contribution in [3.63, 3.8) is 0 Å². The Morgan fingerprint density at radius 1 is 0.760 bits per heavy atom. The fourth-order valence-corrected chi connectivity index (χ4v) is 2.62. The monoisotopic (exact) mass is 464 g/mol. The van der Waals surface area contributed by atoms with E-state index in [1.54, 1.807) is 0 Å². The Balaban J connectivity index is -0.000000147. The van der Waals surface area contributed by atoms with Crippen LogP contribution in [-0.2, 0) is 39.5 Å². The first-order valence-electron chi connectivity index (χ1n) is 8.70. The van der Waals surface area contributed by atoms with Crippen LogP contribution in [0.15, 0.2) is 0 Å². The quantitative estimate of drug-likeness (QED) is 0.316. The minimum absolute atomic E-state index is 0. The third-order valence-electron chi connectivity index (χ3n) is 2.71. The van der Waals surface area contributed by atoms with E-state index in [4.69, 9.17) is 18.4 Å². The summed E-state index contributed by atoms with van der Waals surface area (Å²) in [6.45, 7) is 12.0. The Kier molecular flexibility index (Phi) is 39.7. The average molecular weight is 466 g/mol. The summed E-state index contributed by atoms with van der Waals surface area (Å²) in [6.07, 6.45) is 5.87. The van der Waals surface area contributed by atoms with E-state index in [1.807, 2.05) is 13.8 Å². The van der Waals surface area contributed by atoms with Crippen molar-refractivity contribution in [3.8, 4) is 0 Å². The number of aliphatic hydroxyl groups is 1. The fraction of sp³-hybridized carbons (Fsp3) is 1.00. The van der Waals surface area contributed by atoms with Crippen molar-refractivity contribution in [3.05, 3.63) is 0 Å². The molecular formula is C16H42O7SiZr. The Bertz CT molecular complexity index is 198. The molecule has 156 valence electrons. The molecule has 0 rings (SSSR count). The first-order valence-corrected chi connectivity index (χ1v) is 10.4. The molecule has 0 heterocycles. The predicted molar refractivity (Wildman–Crippen MR) is 99.7 cm³/mol. The van der Waals surface area contributed by atoms with Gasteiger partial charge in [0, 0.05) is 52.6 Å². The number of hydrogen-bond donors (Lipinski definition) is 2. The molecule has 0 saturated heterocycles. The molecule has 0 aromatic rings. The first-order chi connectivity index (χ1) is 10.5. The van der Waals surface area contributed by atoms with Gasteiger partial charge in [0.1, 0.15) is 0 Å². The second-order valence-electron chi connectivity index (χ2n) is 5.71. The normalized spacial score (nSPS) is 10.1. The molecule has 0 spiro atoms. The Morgan fingerprint density at radius 2 is 1.00 bits per heavy atom. The van der Waals surface area contributed by atoms with Gasteiger partial charge in [-0.3, -0.25) is 0 Å². The Morgan fingerprint density at radius 3 is 1.16 bits per heavy atom. The van der Waals surface area contributed by atoms with Gasteiger partial charge in [0.2, 0.25) is 0 Å². The molecule has 0 amide bonds. The summed E-state index contributed by atoms with van der Waals surface area (Å²) < 4.78 is 16.2. The summed E-state index contributed by atoms with van der Waals surface area (Å²) in [5.74, 6) is 0.440. The van der Waals surface area contributed by atoms with Gasteiger partial charge in [-0.05, 0) is 25.2 Å². The van der Waals surface area contributed by atoms with Crippen LogP contribution in [0.5, 0.6) is 0 Å². The van der Waals surface area contributed by atoms with Crippen LogP contribution in [0.1, 0.15) is 73.1 Å². The molecule has 6 N–H and O–H groups in total. The van der Waals surface area contributed by atoms with E-state index >= 15 is 0 Å². The van der Waals surface area contributed by atoms with E-state index in [1.165, 1.54) is 0 Å². The van der Waals surface area contributed by atoms with Gasteiger partial charge < -0.3 is 34.1 Å². The van der Waals surface area contributed by atoms with Crippen LogP contribution >= 0.6 is 0 Å². The second-order valence-corrected chi connectivity index (χ2v) is 7.62. The zero-order chi connectivity index (χ0) is 17.3. The van der Waals surface area contributed by atoms with Crippen molar-refractivity contribution in [2.45, 2.75) is 73.1 Å². The maximum absolute atomic E-state index is 10.2. The van der Waals surface area contributed by atoms with Crippen LogP contribution in [0.2, 0.25) is 0 Å². The molecule has 7 nitrogen and oxygen atoms in total. The van der Waals surface area contributed by atoms with E-state index in [0.29, 0.717) is 32.3 Å². The SMILES string of the molecule is CC(C)CO.CCCCO[Si](O)(OCCCC)OCCCC.O.O.[Zr]. The molecule has 0 bridgehead atoms.